The Hall–Kier alpha value is -1.13. The van der Waals surface area contributed by atoms with Gasteiger partial charge in [-0.2, -0.15) is 0 Å². The van der Waals surface area contributed by atoms with E-state index in [2.05, 4.69) is 12.2 Å². The molecule has 5 nitrogen and oxygen atoms in total. The number of carboxylic acids is 1. The molecule has 0 radical (unpaired) electrons. The lowest BCUT2D eigenvalue weighted by atomic mass is 10.1. The third-order valence-electron chi connectivity index (χ3n) is 3.19. The zero-order valence-corrected chi connectivity index (χ0v) is 12.1. The van der Waals surface area contributed by atoms with Crippen LogP contribution in [0.2, 0.25) is 0 Å². The summed E-state index contributed by atoms with van der Waals surface area (Å²) in [4.78, 5) is 20.9. The Morgan fingerprint density at radius 3 is 2.00 bits per heavy atom. The molecule has 0 unspecified atom stereocenters. The van der Waals surface area contributed by atoms with E-state index in [0.29, 0.717) is 19.5 Å². The smallest absolute Gasteiger partial charge is 0.303 e. The summed E-state index contributed by atoms with van der Waals surface area (Å²) in [7, 11) is 0. The molecule has 0 aliphatic heterocycles. The molecule has 0 rings (SSSR count). The van der Waals surface area contributed by atoms with E-state index in [4.69, 9.17) is 5.11 Å². The zero-order chi connectivity index (χ0) is 14.3. The predicted molar refractivity (Wildman–Crippen MR) is 76.8 cm³/mol. The van der Waals surface area contributed by atoms with Gasteiger partial charge in [-0.25, -0.2) is 0 Å². The fraction of sp³-hybridized carbons (Fsp3) is 0.929. The molecule has 19 heavy (non-hydrogen) atoms. The standard InChI is InChI=1S/C14H28N2O3/c1-2-3-4-5-6-7-8-9-12-16(15-19)13-10-11-14(17)18/h2-13H2,1H3,(H,17,18). The van der Waals surface area contributed by atoms with E-state index in [9.17, 15) is 9.70 Å². The van der Waals surface area contributed by atoms with E-state index in [0.717, 1.165) is 12.8 Å². The van der Waals surface area contributed by atoms with Crippen molar-refractivity contribution in [2.75, 3.05) is 13.1 Å². The Morgan fingerprint density at radius 1 is 0.947 bits per heavy atom. The van der Waals surface area contributed by atoms with Crippen molar-refractivity contribution in [3.8, 4) is 0 Å². The number of hydrogen-bond acceptors (Lipinski definition) is 3. The lowest BCUT2D eigenvalue weighted by molar-refractivity contribution is -0.137. The molecule has 0 fully saturated rings. The average Bonchev–Trinajstić information content (AvgIpc) is 2.39. The molecule has 1 N–H and O–H groups in total. The molecule has 0 saturated carbocycles. The van der Waals surface area contributed by atoms with Gasteiger partial charge in [-0.3, -0.25) is 9.80 Å². The monoisotopic (exact) mass is 272 g/mol. The van der Waals surface area contributed by atoms with Gasteiger partial charge in [-0.05, 0) is 12.8 Å². The van der Waals surface area contributed by atoms with Crippen LogP contribution >= 0.6 is 0 Å². The van der Waals surface area contributed by atoms with Gasteiger partial charge in [0.05, 0.1) is 5.29 Å². The Kier molecular flexibility index (Phi) is 12.5. The van der Waals surface area contributed by atoms with Crippen molar-refractivity contribution >= 4 is 5.97 Å². The molecular weight excluding hydrogens is 244 g/mol. The van der Waals surface area contributed by atoms with Crippen molar-refractivity contribution in [1.82, 2.24) is 5.01 Å². The maximum Gasteiger partial charge on any atom is 0.303 e. The number of carboxylic acid groups (broad SMARTS) is 1. The number of nitrogens with zero attached hydrogens (tertiary/aromatic N) is 2. The maximum absolute atomic E-state index is 10.5. The third-order valence-corrected chi connectivity index (χ3v) is 3.19. The highest BCUT2D eigenvalue weighted by Crippen LogP contribution is 2.09. The first-order valence-corrected chi connectivity index (χ1v) is 7.50. The molecule has 0 aromatic rings. The van der Waals surface area contributed by atoms with E-state index in [-0.39, 0.29) is 6.42 Å². The van der Waals surface area contributed by atoms with Crippen LogP contribution in [-0.4, -0.2) is 29.2 Å². The molecule has 0 heterocycles. The van der Waals surface area contributed by atoms with Gasteiger partial charge in [0.25, 0.3) is 0 Å². The van der Waals surface area contributed by atoms with Crippen molar-refractivity contribution in [1.29, 1.82) is 0 Å². The Labute approximate surface area is 116 Å². The summed E-state index contributed by atoms with van der Waals surface area (Å²) >= 11 is 0. The van der Waals surface area contributed by atoms with Crippen LogP contribution in [0, 0.1) is 4.91 Å². The normalized spacial score (nSPS) is 10.4. The minimum absolute atomic E-state index is 0.101. The van der Waals surface area contributed by atoms with Crippen molar-refractivity contribution in [3.63, 3.8) is 0 Å². The minimum atomic E-state index is -0.821. The van der Waals surface area contributed by atoms with E-state index >= 15 is 0 Å². The lowest BCUT2D eigenvalue weighted by Gasteiger charge is -2.14. The molecule has 0 aliphatic carbocycles. The van der Waals surface area contributed by atoms with Crippen molar-refractivity contribution in [3.05, 3.63) is 4.91 Å². The summed E-state index contributed by atoms with van der Waals surface area (Å²) in [6.45, 7) is 3.32. The Bertz CT molecular complexity index is 235. The molecule has 0 bridgehead atoms. The molecule has 112 valence electrons. The van der Waals surface area contributed by atoms with E-state index < -0.39 is 5.97 Å². The van der Waals surface area contributed by atoms with E-state index in [1.165, 1.54) is 43.5 Å². The van der Waals surface area contributed by atoms with Crippen molar-refractivity contribution in [2.45, 2.75) is 71.1 Å². The van der Waals surface area contributed by atoms with Gasteiger partial charge in [0.1, 0.15) is 0 Å². The molecule has 0 aliphatic rings. The average molecular weight is 272 g/mol. The van der Waals surface area contributed by atoms with Crippen LogP contribution in [0.25, 0.3) is 0 Å². The number of carbonyl (C=O) groups is 1. The van der Waals surface area contributed by atoms with Gasteiger partial charge in [0.2, 0.25) is 0 Å². The number of nitroso groups, excluding NO2 is 1. The molecule has 0 aromatic heterocycles. The summed E-state index contributed by atoms with van der Waals surface area (Å²) in [5, 5.41) is 12.9. The summed E-state index contributed by atoms with van der Waals surface area (Å²) in [6.07, 6.45) is 10.4. The van der Waals surface area contributed by atoms with Gasteiger partial charge in [0.15, 0.2) is 0 Å². The quantitative estimate of drug-likeness (QED) is 0.295. The van der Waals surface area contributed by atoms with Gasteiger partial charge < -0.3 is 5.11 Å². The first-order valence-electron chi connectivity index (χ1n) is 7.50. The van der Waals surface area contributed by atoms with Gasteiger partial charge in [-0.1, -0.05) is 51.9 Å². The van der Waals surface area contributed by atoms with E-state index in [1.54, 1.807) is 0 Å². The molecule has 0 atom stereocenters. The van der Waals surface area contributed by atoms with Crippen LogP contribution in [0.5, 0.6) is 0 Å². The molecule has 0 spiro atoms. The molecule has 5 heteroatoms. The summed E-state index contributed by atoms with van der Waals surface area (Å²) in [6, 6.07) is 0. The predicted octanol–water partition coefficient (Wildman–Crippen LogP) is 3.98. The largest absolute Gasteiger partial charge is 0.481 e. The Morgan fingerprint density at radius 2 is 1.47 bits per heavy atom. The topological polar surface area (TPSA) is 70.0 Å². The van der Waals surface area contributed by atoms with Crippen molar-refractivity contribution < 1.29 is 9.90 Å². The second-order valence-electron chi connectivity index (χ2n) is 5.01. The number of aliphatic carboxylic acids is 1. The third kappa shape index (κ3) is 13.1. The fourth-order valence-electron chi connectivity index (χ4n) is 2.03. The molecular formula is C14H28N2O3. The van der Waals surface area contributed by atoms with Gasteiger partial charge >= 0.3 is 5.97 Å². The molecule has 0 aromatic carbocycles. The summed E-state index contributed by atoms with van der Waals surface area (Å²) in [5.74, 6) is -0.821. The second-order valence-corrected chi connectivity index (χ2v) is 5.01. The van der Waals surface area contributed by atoms with Crippen molar-refractivity contribution in [2.24, 2.45) is 5.29 Å². The highest BCUT2D eigenvalue weighted by atomic mass is 16.4. The van der Waals surface area contributed by atoms with Crippen LogP contribution in [0.3, 0.4) is 0 Å². The highest BCUT2D eigenvalue weighted by Gasteiger charge is 2.04. The second kappa shape index (κ2) is 13.3. The Balaban J connectivity index is 3.35. The minimum Gasteiger partial charge on any atom is -0.481 e. The number of hydrogen-bond donors (Lipinski definition) is 1. The van der Waals surface area contributed by atoms with Gasteiger partial charge in [-0.15, -0.1) is 4.91 Å². The first-order chi connectivity index (χ1) is 9.20. The summed E-state index contributed by atoms with van der Waals surface area (Å²) < 4.78 is 0. The SMILES string of the molecule is CCCCCCCCCCN(CCCC(=O)O)N=O. The van der Waals surface area contributed by atoms with Crippen LogP contribution in [0.4, 0.5) is 0 Å². The summed E-state index contributed by atoms with van der Waals surface area (Å²) in [5.41, 5.74) is 0. The van der Waals surface area contributed by atoms with Crippen LogP contribution in [-0.2, 0) is 4.79 Å². The number of unbranched alkanes of at least 4 members (excludes halogenated alkanes) is 7. The lowest BCUT2D eigenvalue weighted by Crippen LogP contribution is -2.20. The number of rotatable bonds is 14. The van der Waals surface area contributed by atoms with Crippen LogP contribution in [0.15, 0.2) is 5.29 Å². The van der Waals surface area contributed by atoms with Crippen LogP contribution in [0.1, 0.15) is 71.1 Å². The zero-order valence-electron chi connectivity index (χ0n) is 12.1. The molecule has 0 amide bonds. The fourth-order valence-corrected chi connectivity index (χ4v) is 2.03. The highest BCUT2D eigenvalue weighted by molar-refractivity contribution is 5.66. The van der Waals surface area contributed by atoms with E-state index in [1.807, 2.05) is 0 Å². The van der Waals surface area contributed by atoms with Crippen LogP contribution < -0.4 is 0 Å². The van der Waals surface area contributed by atoms with Gasteiger partial charge in [0, 0.05) is 19.5 Å². The first kappa shape index (κ1) is 17.9. The maximum atomic E-state index is 10.5. The molecule has 0 saturated heterocycles.